The van der Waals surface area contributed by atoms with Gasteiger partial charge in [-0.3, -0.25) is 4.79 Å². The minimum Gasteiger partial charge on any atom is -0.398 e. The van der Waals surface area contributed by atoms with Crippen LogP contribution in [0.15, 0.2) is 12.3 Å². The molecule has 0 aromatic carbocycles. The van der Waals surface area contributed by atoms with Crippen LogP contribution in [0.1, 0.15) is 18.9 Å². The molecule has 0 radical (unpaired) electrons. The molecule has 2 heterocycles. The summed E-state index contributed by atoms with van der Waals surface area (Å²) in [6.45, 7) is 5.21. The van der Waals surface area contributed by atoms with Crippen molar-refractivity contribution in [2.45, 2.75) is 20.3 Å². The van der Waals surface area contributed by atoms with Crippen LogP contribution in [0.2, 0.25) is 0 Å². The number of pyridine rings is 1. The van der Waals surface area contributed by atoms with Crippen LogP contribution in [0, 0.1) is 12.3 Å². The molecular formula is C12H18N4O. The van der Waals surface area contributed by atoms with Crippen molar-refractivity contribution < 1.29 is 4.79 Å². The molecule has 92 valence electrons. The first-order chi connectivity index (χ1) is 7.92. The predicted octanol–water partition coefficient (Wildman–Crippen LogP) is 0.674. The van der Waals surface area contributed by atoms with Gasteiger partial charge < -0.3 is 16.4 Å². The second-order valence-electron chi connectivity index (χ2n) is 5.00. The van der Waals surface area contributed by atoms with Gasteiger partial charge >= 0.3 is 0 Å². The number of nitrogens with zero attached hydrogens (tertiary/aromatic N) is 2. The molecule has 0 spiro atoms. The van der Waals surface area contributed by atoms with Crippen LogP contribution in [0.3, 0.4) is 0 Å². The van der Waals surface area contributed by atoms with E-state index in [2.05, 4.69) is 9.88 Å². The van der Waals surface area contributed by atoms with Crippen LogP contribution < -0.4 is 16.4 Å². The van der Waals surface area contributed by atoms with Crippen molar-refractivity contribution in [3.8, 4) is 0 Å². The highest BCUT2D eigenvalue weighted by molar-refractivity contribution is 5.82. The van der Waals surface area contributed by atoms with E-state index in [0.717, 1.165) is 30.0 Å². The van der Waals surface area contributed by atoms with Gasteiger partial charge in [0.15, 0.2) is 0 Å². The van der Waals surface area contributed by atoms with E-state index in [1.165, 1.54) is 0 Å². The average Bonchev–Trinajstić information content (AvgIpc) is 2.67. The molecule has 2 rings (SSSR count). The van der Waals surface area contributed by atoms with Crippen LogP contribution in [-0.2, 0) is 4.79 Å². The summed E-state index contributed by atoms with van der Waals surface area (Å²) in [7, 11) is 0. The standard InChI is InChI=1S/C12H18N4O/c1-8-6-15-10(5-9(8)13)16-4-3-12(2,7-16)11(14)17/h5-6H,3-4,7H2,1-2H3,(H2,13,15)(H2,14,17). The number of primary amides is 1. The number of hydrogen-bond acceptors (Lipinski definition) is 4. The minimum atomic E-state index is -0.457. The number of anilines is 2. The smallest absolute Gasteiger partial charge is 0.225 e. The Morgan fingerprint density at radius 2 is 2.29 bits per heavy atom. The quantitative estimate of drug-likeness (QED) is 0.787. The minimum absolute atomic E-state index is 0.250. The molecule has 1 amide bonds. The Bertz CT molecular complexity index is 460. The van der Waals surface area contributed by atoms with Gasteiger partial charge in [0, 0.05) is 31.0 Å². The number of nitrogen functional groups attached to an aromatic ring is 1. The van der Waals surface area contributed by atoms with Crippen LogP contribution in [0.5, 0.6) is 0 Å². The van der Waals surface area contributed by atoms with Crippen LogP contribution in [-0.4, -0.2) is 24.0 Å². The van der Waals surface area contributed by atoms with Crippen molar-refractivity contribution in [1.29, 1.82) is 0 Å². The molecular weight excluding hydrogens is 216 g/mol. The van der Waals surface area contributed by atoms with E-state index in [9.17, 15) is 4.79 Å². The summed E-state index contributed by atoms with van der Waals surface area (Å²) in [5.74, 6) is 0.568. The molecule has 4 N–H and O–H groups in total. The molecule has 17 heavy (non-hydrogen) atoms. The lowest BCUT2D eigenvalue weighted by molar-refractivity contribution is -0.125. The van der Waals surface area contributed by atoms with Crippen LogP contribution in [0.25, 0.3) is 0 Å². The first-order valence-electron chi connectivity index (χ1n) is 5.69. The van der Waals surface area contributed by atoms with Gasteiger partial charge in [-0.05, 0) is 25.8 Å². The summed E-state index contributed by atoms with van der Waals surface area (Å²) >= 11 is 0. The fraction of sp³-hybridized carbons (Fsp3) is 0.500. The summed E-state index contributed by atoms with van der Waals surface area (Å²) in [5, 5.41) is 0. The van der Waals surface area contributed by atoms with Crippen LogP contribution in [0.4, 0.5) is 11.5 Å². The number of hydrogen-bond donors (Lipinski definition) is 2. The first-order valence-corrected chi connectivity index (χ1v) is 5.69. The van der Waals surface area contributed by atoms with E-state index in [1.54, 1.807) is 6.20 Å². The number of carbonyl (C=O) groups is 1. The van der Waals surface area contributed by atoms with Gasteiger partial charge in [-0.25, -0.2) is 4.98 Å². The highest BCUT2D eigenvalue weighted by atomic mass is 16.1. The SMILES string of the molecule is Cc1cnc(N2CCC(C)(C(N)=O)C2)cc1N. The van der Waals surface area contributed by atoms with Crippen molar-refractivity contribution in [3.05, 3.63) is 17.8 Å². The second-order valence-corrected chi connectivity index (χ2v) is 5.00. The second kappa shape index (κ2) is 3.91. The topological polar surface area (TPSA) is 85.2 Å². The Hall–Kier alpha value is -1.78. The monoisotopic (exact) mass is 234 g/mol. The lowest BCUT2D eigenvalue weighted by Gasteiger charge is -2.22. The van der Waals surface area contributed by atoms with E-state index in [-0.39, 0.29) is 5.91 Å². The molecule has 1 unspecified atom stereocenters. The lowest BCUT2D eigenvalue weighted by Crippen LogP contribution is -2.37. The van der Waals surface area contributed by atoms with Crippen molar-refractivity contribution in [2.75, 3.05) is 23.7 Å². The number of rotatable bonds is 2. The van der Waals surface area contributed by atoms with E-state index >= 15 is 0 Å². The fourth-order valence-electron chi connectivity index (χ4n) is 2.06. The zero-order valence-electron chi connectivity index (χ0n) is 10.2. The molecule has 1 aromatic rings. The van der Waals surface area contributed by atoms with E-state index < -0.39 is 5.41 Å². The number of aromatic nitrogens is 1. The Balaban J connectivity index is 2.21. The average molecular weight is 234 g/mol. The Morgan fingerprint density at radius 1 is 1.59 bits per heavy atom. The molecule has 1 fully saturated rings. The Labute approximate surface area is 101 Å². The zero-order chi connectivity index (χ0) is 12.6. The third kappa shape index (κ3) is 2.05. The maximum absolute atomic E-state index is 11.4. The Morgan fingerprint density at radius 3 is 2.82 bits per heavy atom. The molecule has 5 heteroatoms. The first kappa shape index (κ1) is 11.7. The molecule has 1 atom stereocenters. The van der Waals surface area contributed by atoms with Crippen molar-refractivity contribution >= 4 is 17.4 Å². The Kier molecular flexibility index (Phi) is 2.69. The van der Waals surface area contributed by atoms with Crippen molar-refractivity contribution in [1.82, 2.24) is 4.98 Å². The van der Waals surface area contributed by atoms with Crippen LogP contribution >= 0.6 is 0 Å². The highest BCUT2D eigenvalue weighted by Crippen LogP contribution is 2.32. The number of nitrogens with two attached hydrogens (primary N) is 2. The van der Waals surface area contributed by atoms with Gasteiger partial charge in [-0.1, -0.05) is 0 Å². The predicted molar refractivity (Wildman–Crippen MR) is 67.5 cm³/mol. The van der Waals surface area contributed by atoms with Gasteiger partial charge in [-0.15, -0.1) is 0 Å². The third-order valence-electron chi connectivity index (χ3n) is 3.52. The highest BCUT2D eigenvalue weighted by Gasteiger charge is 2.39. The molecule has 1 aliphatic heterocycles. The number of amides is 1. The van der Waals surface area contributed by atoms with Gasteiger partial charge in [-0.2, -0.15) is 0 Å². The van der Waals surface area contributed by atoms with Gasteiger partial charge in [0.05, 0.1) is 5.41 Å². The van der Waals surface area contributed by atoms with E-state index in [1.807, 2.05) is 19.9 Å². The molecule has 0 bridgehead atoms. The van der Waals surface area contributed by atoms with Gasteiger partial charge in [0.1, 0.15) is 5.82 Å². The third-order valence-corrected chi connectivity index (χ3v) is 3.52. The number of carbonyl (C=O) groups excluding carboxylic acids is 1. The zero-order valence-corrected chi connectivity index (χ0v) is 10.2. The normalized spacial score (nSPS) is 24.0. The van der Waals surface area contributed by atoms with Gasteiger partial charge in [0.2, 0.25) is 5.91 Å². The molecule has 1 aromatic heterocycles. The number of aryl methyl sites for hydroxylation is 1. The van der Waals surface area contributed by atoms with E-state index in [4.69, 9.17) is 11.5 Å². The molecule has 0 saturated carbocycles. The molecule has 5 nitrogen and oxygen atoms in total. The maximum atomic E-state index is 11.4. The molecule has 1 aliphatic rings. The molecule has 1 saturated heterocycles. The van der Waals surface area contributed by atoms with Crippen molar-refractivity contribution in [2.24, 2.45) is 11.1 Å². The summed E-state index contributed by atoms with van der Waals surface area (Å²) in [4.78, 5) is 17.8. The molecule has 0 aliphatic carbocycles. The van der Waals surface area contributed by atoms with Crippen molar-refractivity contribution in [3.63, 3.8) is 0 Å². The largest absolute Gasteiger partial charge is 0.398 e. The van der Waals surface area contributed by atoms with Gasteiger partial charge in [0.25, 0.3) is 0 Å². The lowest BCUT2D eigenvalue weighted by atomic mass is 9.89. The fourth-order valence-corrected chi connectivity index (χ4v) is 2.06. The summed E-state index contributed by atoms with van der Waals surface area (Å²) in [5.41, 5.74) is 12.5. The maximum Gasteiger partial charge on any atom is 0.225 e. The summed E-state index contributed by atoms with van der Waals surface area (Å²) in [6, 6.07) is 1.85. The summed E-state index contributed by atoms with van der Waals surface area (Å²) in [6.07, 6.45) is 2.52. The summed E-state index contributed by atoms with van der Waals surface area (Å²) < 4.78 is 0. The van der Waals surface area contributed by atoms with E-state index in [0.29, 0.717) is 6.54 Å².